The summed E-state index contributed by atoms with van der Waals surface area (Å²) < 4.78 is 0. The number of hydrogen-bond acceptors (Lipinski definition) is 1. The molecule has 2 fully saturated rings. The third-order valence-electron chi connectivity index (χ3n) is 7.73. The number of hydrogen-bond donors (Lipinski definition) is 0. The smallest absolute Gasteiger partial charge is 0.0689 e. The number of aryl methyl sites for hydroxylation is 1. The third-order valence-corrected chi connectivity index (χ3v) is 7.73. The summed E-state index contributed by atoms with van der Waals surface area (Å²) in [5, 5.41) is 9.79. The van der Waals surface area contributed by atoms with Crippen molar-refractivity contribution in [2.45, 2.75) is 110 Å². The van der Waals surface area contributed by atoms with E-state index in [9.17, 15) is 5.26 Å². The predicted octanol–water partition coefficient (Wildman–Crippen LogP) is 8.19. The fraction of sp³-hybridized carbons (Fsp3) is 0.741. The van der Waals surface area contributed by atoms with Gasteiger partial charge in [0.25, 0.3) is 0 Å². The average Bonchev–Trinajstić information content (AvgIpc) is 2.73. The summed E-state index contributed by atoms with van der Waals surface area (Å²) in [6, 6.07) is 12.2. The number of unbranched alkanes of at least 4 members (excludes halogenated alkanes) is 2. The first-order valence-corrected chi connectivity index (χ1v) is 12.1. The van der Waals surface area contributed by atoms with E-state index < -0.39 is 0 Å². The Bertz CT molecular complexity index is 617. The van der Waals surface area contributed by atoms with Crippen LogP contribution >= 0.6 is 0 Å². The Morgan fingerprint density at radius 2 is 1.79 bits per heavy atom. The van der Waals surface area contributed by atoms with Gasteiger partial charge in [0.2, 0.25) is 0 Å². The van der Waals surface area contributed by atoms with Crippen LogP contribution in [0.3, 0.4) is 0 Å². The standard InChI is InChI=1S/C27H41N/c1-3-4-5-8-23-9-13-25(14-10-23)26-15-11-24(12-16-26)17-19-27(21-28)18-6-7-22(2)20-27/h11-12,15-16,22-23,25H,3-10,13-14,17-20H2,1-2H3. The van der Waals surface area contributed by atoms with E-state index in [0.717, 1.165) is 37.5 Å². The molecule has 0 N–H and O–H groups in total. The minimum Gasteiger partial charge on any atom is -0.198 e. The summed E-state index contributed by atoms with van der Waals surface area (Å²) in [5.41, 5.74) is 2.91. The molecule has 0 amide bonds. The topological polar surface area (TPSA) is 23.8 Å². The van der Waals surface area contributed by atoms with Crippen molar-refractivity contribution in [1.29, 1.82) is 5.26 Å². The molecule has 2 saturated carbocycles. The SMILES string of the molecule is CCCCCC1CCC(c2ccc(CCC3(C#N)CCCC(C)C3)cc2)CC1. The zero-order valence-corrected chi connectivity index (χ0v) is 18.4. The predicted molar refractivity (Wildman–Crippen MR) is 119 cm³/mol. The highest BCUT2D eigenvalue weighted by molar-refractivity contribution is 5.26. The molecule has 2 atom stereocenters. The number of nitriles is 1. The second kappa shape index (κ2) is 10.5. The molecule has 1 aromatic rings. The van der Waals surface area contributed by atoms with Gasteiger partial charge < -0.3 is 0 Å². The molecule has 0 heterocycles. The maximum absolute atomic E-state index is 9.79. The zero-order valence-electron chi connectivity index (χ0n) is 18.4. The molecule has 1 nitrogen and oxygen atoms in total. The largest absolute Gasteiger partial charge is 0.198 e. The molecule has 2 aliphatic carbocycles. The molecule has 0 saturated heterocycles. The van der Waals surface area contributed by atoms with E-state index >= 15 is 0 Å². The van der Waals surface area contributed by atoms with Gasteiger partial charge in [-0.15, -0.1) is 0 Å². The summed E-state index contributed by atoms with van der Waals surface area (Å²) in [5.74, 6) is 2.48. The van der Waals surface area contributed by atoms with Crippen LogP contribution in [0.2, 0.25) is 0 Å². The molecular weight excluding hydrogens is 338 g/mol. The Hall–Kier alpha value is -1.29. The van der Waals surface area contributed by atoms with E-state index in [1.54, 1.807) is 5.56 Å². The molecule has 154 valence electrons. The third kappa shape index (κ3) is 5.85. The maximum atomic E-state index is 9.79. The van der Waals surface area contributed by atoms with E-state index in [1.807, 2.05) is 0 Å². The van der Waals surface area contributed by atoms with Crippen LogP contribution < -0.4 is 0 Å². The van der Waals surface area contributed by atoms with E-state index in [0.29, 0.717) is 5.92 Å². The molecule has 0 aliphatic heterocycles. The van der Waals surface area contributed by atoms with Crippen molar-refractivity contribution < 1.29 is 0 Å². The van der Waals surface area contributed by atoms with E-state index in [-0.39, 0.29) is 5.41 Å². The van der Waals surface area contributed by atoms with Gasteiger partial charge in [0.1, 0.15) is 0 Å². The van der Waals surface area contributed by atoms with Gasteiger partial charge in [-0.2, -0.15) is 5.26 Å². The highest BCUT2D eigenvalue weighted by Gasteiger charge is 2.34. The lowest BCUT2D eigenvalue weighted by Crippen LogP contribution is -2.26. The lowest BCUT2D eigenvalue weighted by atomic mass is 9.68. The molecule has 2 unspecified atom stereocenters. The molecular formula is C27H41N. The minimum absolute atomic E-state index is 0.0630. The van der Waals surface area contributed by atoms with E-state index in [2.05, 4.69) is 44.2 Å². The lowest BCUT2D eigenvalue weighted by Gasteiger charge is -2.34. The molecule has 0 bridgehead atoms. The van der Waals surface area contributed by atoms with Crippen molar-refractivity contribution in [2.24, 2.45) is 17.3 Å². The van der Waals surface area contributed by atoms with Gasteiger partial charge in [0.05, 0.1) is 11.5 Å². The highest BCUT2D eigenvalue weighted by atomic mass is 14.4. The van der Waals surface area contributed by atoms with Gasteiger partial charge in [-0.3, -0.25) is 0 Å². The van der Waals surface area contributed by atoms with Gasteiger partial charge in [0, 0.05) is 0 Å². The Kier molecular flexibility index (Phi) is 8.01. The fourth-order valence-corrected chi connectivity index (χ4v) is 5.85. The van der Waals surface area contributed by atoms with Crippen LogP contribution in [0.15, 0.2) is 24.3 Å². The van der Waals surface area contributed by atoms with Crippen LogP contribution in [0.25, 0.3) is 0 Å². The summed E-state index contributed by atoms with van der Waals surface area (Å²) in [7, 11) is 0. The van der Waals surface area contributed by atoms with Crippen LogP contribution in [-0.4, -0.2) is 0 Å². The Balaban J connectivity index is 1.47. The van der Waals surface area contributed by atoms with Crippen molar-refractivity contribution >= 4 is 0 Å². The quantitative estimate of drug-likeness (QED) is 0.418. The molecule has 0 spiro atoms. The first-order valence-electron chi connectivity index (χ1n) is 12.1. The Morgan fingerprint density at radius 3 is 2.43 bits per heavy atom. The van der Waals surface area contributed by atoms with Crippen molar-refractivity contribution in [2.75, 3.05) is 0 Å². The summed E-state index contributed by atoms with van der Waals surface area (Å²) >= 11 is 0. The second-order valence-electron chi connectivity index (χ2n) is 10.0. The van der Waals surface area contributed by atoms with Gasteiger partial charge in [-0.1, -0.05) is 76.6 Å². The van der Waals surface area contributed by atoms with Crippen molar-refractivity contribution in [3.05, 3.63) is 35.4 Å². The van der Waals surface area contributed by atoms with Crippen LogP contribution in [0.5, 0.6) is 0 Å². The van der Waals surface area contributed by atoms with Gasteiger partial charge in [-0.05, 0) is 80.2 Å². The first-order chi connectivity index (χ1) is 13.6. The van der Waals surface area contributed by atoms with Crippen LogP contribution in [0, 0.1) is 28.6 Å². The van der Waals surface area contributed by atoms with Crippen LogP contribution in [0.4, 0.5) is 0 Å². The zero-order chi connectivity index (χ0) is 19.8. The normalized spacial score (nSPS) is 30.7. The maximum Gasteiger partial charge on any atom is 0.0689 e. The molecule has 28 heavy (non-hydrogen) atoms. The molecule has 0 aromatic heterocycles. The Morgan fingerprint density at radius 1 is 1.04 bits per heavy atom. The van der Waals surface area contributed by atoms with Gasteiger partial charge >= 0.3 is 0 Å². The Labute approximate surface area is 173 Å². The molecule has 3 rings (SSSR count). The van der Waals surface area contributed by atoms with E-state index in [1.165, 1.54) is 69.8 Å². The number of rotatable bonds is 8. The molecule has 1 heteroatoms. The average molecular weight is 380 g/mol. The van der Waals surface area contributed by atoms with E-state index in [4.69, 9.17) is 0 Å². The molecule has 2 aliphatic rings. The lowest BCUT2D eigenvalue weighted by molar-refractivity contribution is 0.197. The minimum atomic E-state index is -0.0630. The molecule has 0 radical (unpaired) electrons. The first kappa shape index (κ1) is 21.4. The number of nitrogens with zero attached hydrogens (tertiary/aromatic N) is 1. The number of benzene rings is 1. The summed E-state index contributed by atoms with van der Waals surface area (Å²) in [4.78, 5) is 0. The monoisotopic (exact) mass is 379 g/mol. The van der Waals surface area contributed by atoms with Crippen LogP contribution in [-0.2, 0) is 6.42 Å². The molecule has 1 aromatic carbocycles. The van der Waals surface area contributed by atoms with Crippen molar-refractivity contribution in [3.63, 3.8) is 0 Å². The van der Waals surface area contributed by atoms with Crippen molar-refractivity contribution in [3.8, 4) is 6.07 Å². The highest BCUT2D eigenvalue weighted by Crippen LogP contribution is 2.42. The van der Waals surface area contributed by atoms with Crippen molar-refractivity contribution in [1.82, 2.24) is 0 Å². The van der Waals surface area contributed by atoms with Gasteiger partial charge in [0.15, 0.2) is 0 Å². The van der Waals surface area contributed by atoms with Crippen LogP contribution in [0.1, 0.15) is 114 Å². The summed E-state index contributed by atoms with van der Waals surface area (Å²) in [6.45, 7) is 4.62. The fourth-order valence-electron chi connectivity index (χ4n) is 5.85. The van der Waals surface area contributed by atoms with Gasteiger partial charge in [-0.25, -0.2) is 0 Å². The summed E-state index contributed by atoms with van der Waals surface area (Å²) in [6.07, 6.45) is 18.1. The second-order valence-corrected chi connectivity index (χ2v) is 10.0.